The van der Waals surface area contributed by atoms with E-state index in [-0.39, 0.29) is 0 Å². The van der Waals surface area contributed by atoms with E-state index < -0.39 is 0 Å². The fourth-order valence-corrected chi connectivity index (χ4v) is 2.88. The smallest absolute Gasteiger partial charge is 0.162 e. The summed E-state index contributed by atoms with van der Waals surface area (Å²) >= 11 is 0. The first kappa shape index (κ1) is 13.2. The number of allylic oxidation sites excluding steroid dienone is 1. The van der Waals surface area contributed by atoms with Crippen LogP contribution in [0.5, 0.6) is 11.5 Å². The number of dihydropyridines is 1. The fourth-order valence-electron chi connectivity index (χ4n) is 2.88. The molecule has 1 aliphatic carbocycles. The molecule has 0 saturated heterocycles. The Morgan fingerprint density at radius 3 is 2.70 bits per heavy atom. The van der Waals surface area contributed by atoms with Crippen LogP contribution in [0.2, 0.25) is 0 Å². The summed E-state index contributed by atoms with van der Waals surface area (Å²) in [6, 6.07) is 6.22. The number of methoxy groups -OCH3 is 1. The van der Waals surface area contributed by atoms with Gasteiger partial charge in [-0.15, -0.1) is 0 Å². The van der Waals surface area contributed by atoms with Crippen LogP contribution in [0.3, 0.4) is 0 Å². The summed E-state index contributed by atoms with van der Waals surface area (Å²) < 4.78 is 11.6. The van der Waals surface area contributed by atoms with Crippen LogP contribution in [-0.4, -0.2) is 26.0 Å². The van der Waals surface area contributed by atoms with Gasteiger partial charge >= 0.3 is 0 Å². The molecule has 1 fully saturated rings. The number of aliphatic imine (C=N–C) groups is 1. The summed E-state index contributed by atoms with van der Waals surface area (Å²) in [5.74, 6) is 1.70. The van der Waals surface area contributed by atoms with Crippen LogP contribution in [0.4, 0.5) is 0 Å². The molecule has 3 rings (SSSR count). The summed E-state index contributed by atoms with van der Waals surface area (Å²) in [7, 11) is 1.70. The van der Waals surface area contributed by atoms with Gasteiger partial charge in [-0.25, -0.2) is 0 Å². The van der Waals surface area contributed by atoms with Crippen LogP contribution in [0.25, 0.3) is 5.57 Å². The zero-order valence-corrected chi connectivity index (χ0v) is 12.0. The summed E-state index contributed by atoms with van der Waals surface area (Å²) in [5, 5.41) is 0. The summed E-state index contributed by atoms with van der Waals surface area (Å²) in [4.78, 5) is 4.23. The minimum Gasteiger partial charge on any atom is -0.493 e. The van der Waals surface area contributed by atoms with Gasteiger partial charge in [0.1, 0.15) is 0 Å². The molecule has 1 heterocycles. The van der Waals surface area contributed by atoms with E-state index in [1.807, 2.05) is 12.3 Å². The van der Waals surface area contributed by atoms with Crippen LogP contribution in [0, 0.1) is 0 Å². The molecule has 1 aromatic rings. The van der Waals surface area contributed by atoms with Crippen molar-refractivity contribution in [3.05, 3.63) is 29.8 Å². The van der Waals surface area contributed by atoms with Gasteiger partial charge in [-0.1, -0.05) is 6.07 Å². The first-order valence-electron chi connectivity index (χ1n) is 7.41. The minimum atomic E-state index is 0.348. The predicted molar refractivity (Wildman–Crippen MR) is 81.8 cm³/mol. The number of ether oxygens (including phenoxy) is 2. The molecule has 0 atom stereocenters. The SMILES string of the molecule is COc1ccc(C2=CC=NCC2)cc1OC1CCCC1. The topological polar surface area (TPSA) is 30.8 Å². The van der Waals surface area contributed by atoms with E-state index in [2.05, 4.69) is 23.2 Å². The van der Waals surface area contributed by atoms with E-state index >= 15 is 0 Å². The molecule has 1 aliphatic heterocycles. The van der Waals surface area contributed by atoms with Crippen molar-refractivity contribution in [3.8, 4) is 11.5 Å². The van der Waals surface area contributed by atoms with E-state index in [0.29, 0.717) is 6.10 Å². The number of hydrogen-bond donors (Lipinski definition) is 0. The lowest BCUT2D eigenvalue weighted by molar-refractivity contribution is 0.200. The summed E-state index contributed by atoms with van der Waals surface area (Å²) in [6.07, 6.45) is 10.2. The second-order valence-electron chi connectivity index (χ2n) is 5.39. The monoisotopic (exact) mass is 271 g/mol. The molecule has 3 nitrogen and oxygen atoms in total. The standard InChI is InChI=1S/C17H21NO2/c1-19-16-7-6-14(13-8-10-18-11-9-13)12-17(16)20-15-4-2-3-5-15/h6-8,10,12,15H,2-5,9,11H2,1H3. The van der Waals surface area contributed by atoms with E-state index in [1.165, 1.54) is 24.0 Å². The molecular formula is C17H21NO2. The zero-order chi connectivity index (χ0) is 13.8. The van der Waals surface area contributed by atoms with Crippen molar-refractivity contribution in [2.45, 2.75) is 38.2 Å². The minimum absolute atomic E-state index is 0.348. The number of hydrogen-bond acceptors (Lipinski definition) is 3. The average Bonchev–Trinajstić information content (AvgIpc) is 3.01. The van der Waals surface area contributed by atoms with Crippen LogP contribution in [-0.2, 0) is 0 Å². The Bertz CT molecular complexity index is 528. The molecule has 1 saturated carbocycles. The molecule has 20 heavy (non-hydrogen) atoms. The lowest BCUT2D eigenvalue weighted by Gasteiger charge is -2.18. The van der Waals surface area contributed by atoms with Gasteiger partial charge in [0.15, 0.2) is 11.5 Å². The third-order valence-corrected chi connectivity index (χ3v) is 4.02. The van der Waals surface area contributed by atoms with Gasteiger partial charge in [-0.05, 0) is 61.4 Å². The Balaban J connectivity index is 1.85. The molecule has 1 aromatic carbocycles. The van der Waals surface area contributed by atoms with Crippen molar-refractivity contribution in [1.29, 1.82) is 0 Å². The highest BCUT2D eigenvalue weighted by Crippen LogP contribution is 2.34. The highest BCUT2D eigenvalue weighted by atomic mass is 16.5. The third kappa shape index (κ3) is 2.87. The summed E-state index contributed by atoms with van der Waals surface area (Å²) in [5.41, 5.74) is 2.53. The van der Waals surface area contributed by atoms with Crippen molar-refractivity contribution >= 4 is 11.8 Å². The maximum absolute atomic E-state index is 6.14. The maximum Gasteiger partial charge on any atom is 0.162 e. The molecule has 0 bridgehead atoms. The molecule has 0 unspecified atom stereocenters. The van der Waals surface area contributed by atoms with Crippen molar-refractivity contribution in [2.24, 2.45) is 4.99 Å². The van der Waals surface area contributed by atoms with Gasteiger partial charge in [0.2, 0.25) is 0 Å². The van der Waals surface area contributed by atoms with Gasteiger partial charge < -0.3 is 9.47 Å². The van der Waals surface area contributed by atoms with Gasteiger partial charge in [0.25, 0.3) is 0 Å². The molecular weight excluding hydrogens is 250 g/mol. The van der Waals surface area contributed by atoms with Gasteiger partial charge in [-0.3, -0.25) is 4.99 Å². The normalized spacial score (nSPS) is 18.9. The Labute approximate surface area is 120 Å². The predicted octanol–water partition coefficient (Wildman–Crippen LogP) is 3.87. The molecule has 0 aromatic heterocycles. The molecule has 106 valence electrons. The largest absolute Gasteiger partial charge is 0.493 e. The highest BCUT2D eigenvalue weighted by Gasteiger charge is 2.19. The van der Waals surface area contributed by atoms with Crippen molar-refractivity contribution in [1.82, 2.24) is 0 Å². The third-order valence-electron chi connectivity index (χ3n) is 4.02. The quantitative estimate of drug-likeness (QED) is 0.832. The Morgan fingerprint density at radius 2 is 2.00 bits per heavy atom. The molecule has 0 radical (unpaired) electrons. The van der Waals surface area contributed by atoms with Crippen LogP contribution in [0.15, 0.2) is 29.3 Å². The number of rotatable bonds is 4. The lowest BCUT2D eigenvalue weighted by Crippen LogP contribution is -2.11. The van der Waals surface area contributed by atoms with E-state index in [9.17, 15) is 0 Å². The van der Waals surface area contributed by atoms with E-state index in [0.717, 1.165) is 37.3 Å². The number of benzene rings is 1. The molecule has 0 spiro atoms. The Hall–Kier alpha value is -1.77. The fraction of sp³-hybridized carbons (Fsp3) is 0.471. The van der Waals surface area contributed by atoms with Crippen molar-refractivity contribution in [3.63, 3.8) is 0 Å². The van der Waals surface area contributed by atoms with Gasteiger partial charge in [0, 0.05) is 12.8 Å². The first-order valence-corrected chi connectivity index (χ1v) is 7.41. The van der Waals surface area contributed by atoms with Gasteiger partial charge in [0.05, 0.1) is 13.2 Å². The second kappa shape index (κ2) is 6.12. The van der Waals surface area contributed by atoms with Crippen LogP contribution < -0.4 is 9.47 Å². The average molecular weight is 271 g/mol. The van der Waals surface area contributed by atoms with Crippen LogP contribution in [0.1, 0.15) is 37.7 Å². The molecule has 0 N–H and O–H groups in total. The molecule has 2 aliphatic rings. The second-order valence-corrected chi connectivity index (χ2v) is 5.39. The van der Waals surface area contributed by atoms with Crippen molar-refractivity contribution in [2.75, 3.05) is 13.7 Å². The first-order chi connectivity index (χ1) is 9.86. The van der Waals surface area contributed by atoms with E-state index in [4.69, 9.17) is 9.47 Å². The van der Waals surface area contributed by atoms with Crippen molar-refractivity contribution < 1.29 is 9.47 Å². The Kier molecular flexibility index (Phi) is 4.05. The van der Waals surface area contributed by atoms with Gasteiger partial charge in [-0.2, -0.15) is 0 Å². The maximum atomic E-state index is 6.14. The molecule has 0 amide bonds. The van der Waals surface area contributed by atoms with E-state index in [1.54, 1.807) is 7.11 Å². The number of nitrogens with zero attached hydrogens (tertiary/aromatic N) is 1. The summed E-state index contributed by atoms with van der Waals surface area (Å²) in [6.45, 7) is 0.872. The Morgan fingerprint density at radius 1 is 1.15 bits per heavy atom. The lowest BCUT2D eigenvalue weighted by atomic mass is 10.0. The van der Waals surface area contributed by atoms with Crippen LogP contribution >= 0.6 is 0 Å². The molecule has 3 heteroatoms. The highest BCUT2D eigenvalue weighted by molar-refractivity contribution is 5.86. The zero-order valence-electron chi connectivity index (χ0n) is 12.0.